The van der Waals surface area contributed by atoms with Crippen LogP contribution >= 0.6 is 0 Å². The molecular weight excluding hydrogens is 368 g/mol. The molecule has 2 aromatic rings. The van der Waals surface area contributed by atoms with Crippen molar-refractivity contribution in [3.05, 3.63) is 65.7 Å². The molecule has 3 rings (SSSR count). The molecule has 0 N–H and O–H groups in total. The first-order valence-electron chi connectivity index (χ1n) is 11.9. The monoisotopic (exact) mass is 406 g/mol. The Morgan fingerprint density at radius 1 is 0.900 bits per heavy atom. The topological polar surface area (TPSA) is 23.6 Å². The number of rotatable bonds is 10. The predicted octanol–water partition coefficient (Wildman–Crippen LogP) is 5.87. The third-order valence-corrected chi connectivity index (χ3v) is 6.34. The summed E-state index contributed by atoms with van der Waals surface area (Å²) in [7, 11) is 0. The van der Waals surface area contributed by atoms with Crippen molar-refractivity contribution in [3.63, 3.8) is 0 Å². The van der Waals surface area contributed by atoms with Crippen LogP contribution in [0.2, 0.25) is 0 Å². The molecule has 2 aromatic carbocycles. The molecule has 3 heteroatoms. The number of hydrogen-bond donors (Lipinski definition) is 0. The number of amides is 1. The highest BCUT2D eigenvalue weighted by Crippen LogP contribution is 2.24. The maximum atomic E-state index is 12.6. The van der Waals surface area contributed by atoms with Gasteiger partial charge in [-0.25, -0.2) is 0 Å². The van der Waals surface area contributed by atoms with Gasteiger partial charge < -0.3 is 9.80 Å². The third kappa shape index (κ3) is 6.43. The van der Waals surface area contributed by atoms with Gasteiger partial charge in [-0.15, -0.1) is 0 Å². The molecule has 1 saturated heterocycles. The Morgan fingerprint density at radius 3 is 2.13 bits per heavy atom. The Balaban J connectivity index is 1.47. The van der Waals surface area contributed by atoms with Crippen molar-refractivity contribution in [1.29, 1.82) is 0 Å². The number of likely N-dealkylation sites (tertiary alicyclic amines) is 1. The van der Waals surface area contributed by atoms with Crippen molar-refractivity contribution >= 4 is 11.6 Å². The van der Waals surface area contributed by atoms with Crippen LogP contribution in [0.15, 0.2) is 54.6 Å². The zero-order chi connectivity index (χ0) is 21.2. The van der Waals surface area contributed by atoms with Crippen LogP contribution < -0.4 is 4.90 Å². The van der Waals surface area contributed by atoms with E-state index in [0.717, 1.165) is 44.6 Å². The van der Waals surface area contributed by atoms with Crippen LogP contribution in [0.5, 0.6) is 0 Å². The van der Waals surface area contributed by atoms with E-state index in [1.165, 1.54) is 36.8 Å². The minimum atomic E-state index is 0.235. The van der Waals surface area contributed by atoms with Gasteiger partial charge in [0.05, 0.1) is 0 Å². The molecule has 0 bridgehead atoms. The van der Waals surface area contributed by atoms with Crippen molar-refractivity contribution in [2.24, 2.45) is 0 Å². The lowest BCUT2D eigenvalue weighted by atomic mass is 10.0. The summed E-state index contributed by atoms with van der Waals surface area (Å²) in [5.74, 6) is 0.235. The van der Waals surface area contributed by atoms with E-state index in [4.69, 9.17) is 0 Å². The van der Waals surface area contributed by atoms with Gasteiger partial charge in [0.25, 0.3) is 0 Å². The van der Waals surface area contributed by atoms with Gasteiger partial charge in [0, 0.05) is 37.8 Å². The Bertz CT molecular complexity index is 748. The molecule has 0 spiro atoms. The number of carbonyl (C=O) groups excluding carboxylic acids is 1. The molecule has 0 saturated carbocycles. The summed E-state index contributed by atoms with van der Waals surface area (Å²) in [5.41, 5.74) is 3.94. The van der Waals surface area contributed by atoms with Gasteiger partial charge in [0.15, 0.2) is 0 Å². The predicted molar refractivity (Wildman–Crippen MR) is 127 cm³/mol. The fourth-order valence-electron chi connectivity index (χ4n) is 4.46. The molecule has 0 atom stereocenters. The van der Waals surface area contributed by atoms with Gasteiger partial charge in [-0.2, -0.15) is 0 Å². The molecule has 1 aliphatic heterocycles. The number of benzene rings is 2. The summed E-state index contributed by atoms with van der Waals surface area (Å²) in [6, 6.07) is 19.7. The minimum Gasteiger partial charge on any atom is -0.309 e. The minimum absolute atomic E-state index is 0.235. The lowest BCUT2D eigenvalue weighted by Gasteiger charge is -2.38. The summed E-state index contributed by atoms with van der Waals surface area (Å²) < 4.78 is 0. The van der Waals surface area contributed by atoms with Crippen LogP contribution in [-0.2, 0) is 17.6 Å². The second-order valence-corrected chi connectivity index (χ2v) is 8.55. The molecule has 30 heavy (non-hydrogen) atoms. The highest BCUT2D eigenvalue weighted by Gasteiger charge is 2.28. The molecule has 1 heterocycles. The van der Waals surface area contributed by atoms with Crippen LogP contribution in [0.3, 0.4) is 0 Å². The van der Waals surface area contributed by atoms with Crippen LogP contribution in [0.4, 0.5) is 5.69 Å². The summed E-state index contributed by atoms with van der Waals surface area (Å²) >= 11 is 0. The van der Waals surface area contributed by atoms with Crippen molar-refractivity contribution in [2.75, 3.05) is 24.5 Å². The number of piperidine rings is 1. The number of hydrogen-bond acceptors (Lipinski definition) is 2. The van der Waals surface area contributed by atoms with E-state index in [0.29, 0.717) is 12.5 Å². The summed E-state index contributed by atoms with van der Waals surface area (Å²) in [6.45, 7) is 7.46. The zero-order valence-electron chi connectivity index (χ0n) is 18.9. The van der Waals surface area contributed by atoms with Gasteiger partial charge in [-0.05, 0) is 55.4 Å². The van der Waals surface area contributed by atoms with E-state index in [1.807, 2.05) is 25.1 Å². The number of unbranched alkanes of at least 4 members (excludes halogenated alkanes) is 2. The Hall–Kier alpha value is -2.13. The molecule has 0 unspecified atom stereocenters. The Kier molecular flexibility index (Phi) is 8.95. The molecule has 1 aliphatic rings. The van der Waals surface area contributed by atoms with Crippen LogP contribution in [0, 0.1) is 0 Å². The Labute approximate surface area is 183 Å². The molecule has 0 aromatic heterocycles. The molecular formula is C27H38N2O. The SMILES string of the molecule is CCCCCc1ccc(CCN2CCC(N(C(=O)CC)c3ccccc3)CC2)cc1. The highest BCUT2D eigenvalue weighted by molar-refractivity contribution is 5.93. The Morgan fingerprint density at radius 2 is 1.53 bits per heavy atom. The molecule has 162 valence electrons. The van der Waals surface area contributed by atoms with Gasteiger partial charge in [-0.3, -0.25) is 4.79 Å². The molecule has 1 fully saturated rings. The zero-order valence-corrected chi connectivity index (χ0v) is 18.9. The van der Waals surface area contributed by atoms with E-state index in [2.05, 4.69) is 53.1 Å². The maximum Gasteiger partial charge on any atom is 0.226 e. The highest BCUT2D eigenvalue weighted by atomic mass is 16.2. The van der Waals surface area contributed by atoms with E-state index in [-0.39, 0.29) is 5.91 Å². The molecule has 3 nitrogen and oxygen atoms in total. The lowest BCUT2D eigenvalue weighted by molar-refractivity contribution is -0.119. The largest absolute Gasteiger partial charge is 0.309 e. The van der Waals surface area contributed by atoms with E-state index < -0.39 is 0 Å². The third-order valence-electron chi connectivity index (χ3n) is 6.34. The van der Waals surface area contributed by atoms with E-state index >= 15 is 0 Å². The van der Waals surface area contributed by atoms with Crippen LogP contribution in [0.25, 0.3) is 0 Å². The van der Waals surface area contributed by atoms with Crippen LogP contribution in [-0.4, -0.2) is 36.5 Å². The standard InChI is InChI=1S/C27H38N2O/c1-3-5-7-10-23-13-15-24(16-14-23)17-20-28-21-18-26(19-22-28)29(27(30)4-2)25-11-8-6-9-12-25/h6,8-9,11-16,26H,3-5,7,10,17-22H2,1-2H3. The van der Waals surface area contributed by atoms with Gasteiger partial charge in [0.1, 0.15) is 0 Å². The second-order valence-electron chi connectivity index (χ2n) is 8.55. The average Bonchev–Trinajstić information content (AvgIpc) is 2.80. The van der Waals surface area contributed by atoms with Gasteiger partial charge in [0.2, 0.25) is 5.91 Å². The average molecular weight is 407 g/mol. The molecule has 0 aliphatic carbocycles. The first kappa shape index (κ1) is 22.6. The van der Waals surface area contributed by atoms with Gasteiger partial charge in [-0.1, -0.05) is 69.2 Å². The first-order valence-corrected chi connectivity index (χ1v) is 11.9. The van der Waals surface area contributed by atoms with Crippen LogP contribution in [0.1, 0.15) is 63.5 Å². The van der Waals surface area contributed by atoms with E-state index in [9.17, 15) is 4.79 Å². The van der Waals surface area contributed by atoms with Crippen molar-refractivity contribution < 1.29 is 4.79 Å². The number of aryl methyl sites for hydroxylation is 1. The number of carbonyl (C=O) groups is 1. The summed E-state index contributed by atoms with van der Waals surface area (Å²) in [5, 5.41) is 0. The summed E-state index contributed by atoms with van der Waals surface area (Å²) in [6.07, 6.45) is 8.88. The quantitative estimate of drug-likeness (QED) is 0.461. The summed E-state index contributed by atoms with van der Waals surface area (Å²) in [4.78, 5) is 17.2. The van der Waals surface area contributed by atoms with Gasteiger partial charge >= 0.3 is 0 Å². The van der Waals surface area contributed by atoms with E-state index in [1.54, 1.807) is 0 Å². The number of para-hydroxylation sites is 1. The lowest BCUT2D eigenvalue weighted by Crippen LogP contribution is -2.47. The normalized spacial score (nSPS) is 15.3. The first-order chi connectivity index (χ1) is 14.7. The smallest absolute Gasteiger partial charge is 0.226 e. The number of nitrogens with zero attached hydrogens (tertiary/aromatic N) is 2. The fourth-order valence-corrected chi connectivity index (χ4v) is 4.46. The fraction of sp³-hybridized carbons (Fsp3) is 0.519. The molecule has 1 amide bonds. The molecule has 0 radical (unpaired) electrons. The van der Waals surface area contributed by atoms with Crippen molar-refractivity contribution in [2.45, 2.75) is 71.3 Å². The maximum absolute atomic E-state index is 12.6. The van der Waals surface area contributed by atoms with Crippen molar-refractivity contribution in [3.8, 4) is 0 Å². The number of anilines is 1. The van der Waals surface area contributed by atoms with Crippen molar-refractivity contribution in [1.82, 2.24) is 4.90 Å². The second kappa shape index (κ2) is 11.9.